The highest BCUT2D eigenvalue weighted by atomic mass is 32.2. The normalized spacial score (nSPS) is 23.9. The summed E-state index contributed by atoms with van der Waals surface area (Å²) in [7, 11) is -4.65. The average Bonchev–Trinajstić information content (AvgIpc) is 3.55. The number of aryl methyl sites for hydroxylation is 1. The number of likely N-dealkylation sites (tertiary alicyclic amines) is 2. The number of benzene rings is 2. The van der Waals surface area contributed by atoms with Crippen molar-refractivity contribution in [1.82, 2.24) is 9.80 Å². The summed E-state index contributed by atoms with van der Waals surface area (Å²) in [6.45, 7) is -0.252. The SMILES string of the molecule is N#CCCN1C(=O)CC[C@H]1C(=O)N1CC[C@]2(S(=O)(=O)c3ccc(F)cc3)c3ccc(C(F)(C(F)(F)F)C(F)(F)F)cc3CC[C@H]12. The van der Waals surface area contributed by atoms with Crippen LogP contribution in [-0.4, -0.2) is 67.6 Å². The van der Waals surface area contributed by atoms with E-state index in [9.17, 15) is 53.1 Å². The van der Waals surface area contributed by atoms with Gasteiger partial charge >= 0.3 is 18.0 Å². The largest absolute Gasteiger partial charge is 0.435 e. The van der Waals surface area contributed by atoms with Crippen molar-refractivity contribution >= 4 is 21.7 Å². The molecule has 2 saturated heterocycles. The third-order valence-electron chi connectivity index (χ3n) is 9.03. The molecule has 0 radical (unpaired) electrons. The summed E-state index contributed by atoms with van der Waals surface area (Å²) in [5.74, 6) is -1.77. The number of nitriles is 1. The lowest BCUT2D eigenvalue weighted by Crippen LogP contribution is -2.55. The fraction of sp³-hybridized carbons (Fsp3) is 0.483. The van der Waals surface area contributed by atoms with Crippen LogP contribution >= 0.6 is 0 Å². The Morgan fingerprint density at radius 3 is 2.22 bits per heavy atom. The molecular formula is C29H25F8N3O4S. The highest BCUT2D eigenvalue weighted by Gasteiger charge is 2.74. The molecule has 3 atom stereocenters. The van der Waals surface area contributed by atoms with Gasteiger partial charge in [0.25, 0.3) is 0 Å². The van der Waals surface area contributed by atoms with Crippen LogP contribution in [0.5, 0.6) is 0 Å². The molecule has 2 aliphatic heterocycles. The van der Waals surface area contributed by atoms with Gasteiger partial charge in [-0.3, -0.25) is 9.59 Å². The van der Waals surface area contributed by atoms with Crippen LogP contribution in [0.15, 0.2) is 47.4 Å². The average molecular weight is 664 g/mol. The van der Waals surface area contributed by atoms with E-state index < -0.39 is 66.9 Å². The van der Waals surface area contributed by atoms with Crippen molar-refractivity contribution in [3.05, 3.63) is 65.0 Å². The molecule has 7 nitrogen and oxygen atoms in total. The lowest BCUT2D eigenvalue weighted by molar-refractivity contribution is -0.348. The van der Waals surface area contributed by atoms with Gasteiger partial charge in [0, 0.05) is 25.1 Å². The topological polar surface area (TPSA) is 98.5 Å². The van der Waals surface area contributed by atoms with Crippen molar-refractivity contribution in [3.63, 3.8) is 0 Å². The summed E-state index contributed by atoms with van der Waals surface area (Å²) >= 11 is 0. The fourth-order valence-corrected chi connectivity index (χ4v) is 9.32. The molecule has 0 unspecified atom stereocenters. The Bertz CT molecular complexity index is 1660. The number of fused-ring (bicyclic) bond motifs is 3. The third-order valence-corrected chi connectivity index (χ3v) is 11.6. The van der Waals surface area contributed by atoms with Gasteiger partial charge in [0.1, 0.15) is 16.6 Å². The van der Waals surface area contributed by atoms with E-state index in [0.29, 0.717) is 6.07 Å². The number of halogens is 8. The van der Waals surface area contributed by atoms with Gasteiger partial charge in [0.15, 0.2) is 9.84 Å². The van der Waals surface area contributed by atoms with Gasteiger partial charge in [-0.25, -0.2) is 17.2 Å². The number of sulfone groups is 1. The number of carbonyl (C=O) groups excluding carboxylic acids is 2. The fourth-order valence-electron chi connectivity index (χ4n) is 6.95. The monoisotopic (exact) mass is 663 g/mol. The van der Waals surface area contributed by atoms with Gasteiger partial charge in [-0.15, -0.1) is 0 Å². The van der Waals surface area contributed by atoms with Gasteiger partial charge in [-0.2, -0.15) is 31.6 Å². The Hall–Kier alpha value is -3.74. The maximum Gasteiger partial charge on any atom is 0.435 e. The molecule has 5 rings (SSSR count). The molecule has 45 heavy (non-hydrogen) atoms. The molecule has 2 aromatic rings. The summed E-state index contributed by atoms with van der Waals surface area (Å²) in [6, 6.07) is 4.71. The number of alkyl halides is 7. The molecule has 2 amide bonds. The minimum Gasteiger partial charge on any atom is -0.336 e. The van der Waals surface area contributed by atoms with E-state index >= 15 is 0 Å². The van der Waals surface area contributed by atoms with E-state index in [1.807, 2.05) is 6.07 Å². The van der Waals surface area contributed by atoms with Crippen molar-refractivity contribution in [1.29, 1.82) is 5.26 Å². The van der Waals surface area contributed by atoms with Gasteiger partial charge in [-0.05, 0) is 61.1 Å². The first-order valence-corrected chi connectivity index (χ1v) is 15.3. The van der Waals surface area contributed by atoms with Gasteiger partial charge in [0.05, 0.1) is 23.4 Å². The predicted molar refractivity (Wildman–Crippen MR) is 140 cm³/mol. The van der Waals surface area contributed by atoms with Crippen molar-refractivity contribution in [2.75, 3.05) is 13.1 Å². The van der Waals surface area contributed by atoms with E-state index in [4.69, 9.17) is 5.26 Å². The Morgan fingerprint density at radius 1 is 0.978 bits per heavy atom. The zero-order valence-electron chi connectivity index (χ0n) is 23.3. The molecule has 16 heteroatoms. The zero-order valence-corrected chi connectivity index (χ0v) is 24.1. The Morgan fingerprint density at radius 2 is 1.62 bits per heavy atom. The third kappa shape index (κ3) is 4.85. The molecule has 2 heterocycles. The summed E-state index contributed by atoms with van der Waals surface area (Å²) < 4.78 is 137. The molecule has 2 aromatic carbocycles. The maximum absolute atomic E-state index is 15.0. The van der Waals surface area contributed by atoms with Crippen LogP contribution < -0.4 is 0 Å². The molecular weight excluding hydrogens is 638 g/mol. The smallest absolute Gasteiger partial charge is 0.336 e. The first kappa shape index (κ1) is 32.6. The summed E-state index contributed by atoms with van der Waals surface area (Å²) in [4.78, 5) is 28.5. The number of hydrogen-bond acceptors (Lipinski definition) is 5. The summed E-state index contributed by atoms with van der Waals surface area (Å²) in [6.07, 6.45) is -13.6. The molecule has 2 fully saturated rings. The number of amides is 2. The molecule has 0 N–H and O–H groups in total. The standard InChI is InChI=1S/C29H25F8N3O4S/c30-19-4-6-20(7-5-19)45(43,44)26-12-15-40(25(42)22-9-11-24(41)39(22)14-1-13-38)23(26)10-2-17-16-18(3-8-21(17)26)27(31,28(32,33)34)29(35,36)37/h3-8,16,22-23H,1-2,9-12,14-15H2/t22-,23-,26-/m0/s1. The quantitative estimate of drug-likeness (QED) is 0.311. The first-order valence-electron chi connectivity index (χ1n) is 13.8. The van der Waals surface area contributed by atoms with Crippen LogP contribution in [0.2, 0.25) is 0 Å². The minimum atomic E-state index is -6.39. The van der Waals surface area contributed by atoms with Crippen LogP contribution in [-0.2, 0) is 36.3 Å². The highest BCUT2D eigenvalue weighted by molar-refractivity contribution is 7.92. The maximum atomic E-state index is 15.0. The van der Waals surface area contributed by atoms with Crippen molar-refractivity contribution in [2.24, 2.45) is 0 Å². The van der Waals surface area contributed by atoms with E-state index in [-0.39, 0.29) is 74.7 Å². The Balaban J connectivity index is 1.65. The van der Waals surface area contributed by atoms with Crippen LogP contribution in [0.4, 0.5) is 35.1 Å². The van der Waals surface area contributed by atoms with Gasteiger partial charge in [0.2, 0.25) is 11.8 Å². The van der Waals surface area contributed by atoms with Crippen molar-refractivity contribution in [2.45, 2.75) is 78.3 Å². The lowest BCUT2D eigenvalue weighted by Gasteiger charge is -2.43. The molecule has 3 aliphatic rings. The summed E-state index contributed by atoms with van der Waals surface area (Å²) in [5.41, 5.74) is -7.98. The second kappa shape index (κ2) is 11.0. The highest BCUT2D eigenvalue weighted by Crippen LogP contribution is 2.57. The predicted octanol–water partition coefficient (Wildman–Crippen LogP) is 5.24. The Kier molecular flexibility index (Phi) is 7.95. The molecule has 242 valence electrons. The molecule has 0 aromatic heterocycles. The van der Waals surface area contributed by atoms with E-state index in [0.717, 1.165) is 30.3 Å². The van der Waals surface area contributed by atoms with Gasteiger partial charge < -0.3 is 9.80 Å². The minimum absolute atomic E-state index is 0.00830. The second-order valence-electron chi connectivity index (χ2n) is 11.3. The van der Waals surface area contributed by atoms with Crippen LogP contribution in [0.1, 0.15) is 48.8 Å². The molecule has 1 aliphatic carbocycles. The molecule has 0 saturated carbocycles. The lowest BCUT2D eigenvalue weighted by atomic mass is 9.76. The number of nitrogens with zero attached hydrogens (tertiary/aromatic N) is 3. The van der Waals surface area contributed by atoms with Crippen LogP contribution in [0.25, 0.3) is 0 Å². The first-order chi connectivity index (χ1) is 20.9. The van der Waals surface area contributed by atoms with E-state index in [1.54, 1.807) is 0 Å². The Labute approximate surface area is 252 Å². The number of carbonyl (C=O) groups is 2. The van der Waals surface area contributed by atoms with Crippen molar-refractivity contribution in [3.8, 4) is 6.07 Å². The van der Waals surface area contributed by atoms with E-state index in [1.165, 1.54) is 9.80 Å². The molecule has 0 bridgehead atoms. The van der Waals surface area contributed by atoms with Gasteiger partial charge in [-0.1, -0.05) is 18.2 Å². The molecule has 0 spiro atoms. The number of rotatable bonds is 6. The zero-order chi connectivity index (χ0) is 33.2. The number of hydrogen-bond donors (Lipinski definition) is 0. The van der Waals surface area contributed by atoms with Crippen molar-refractivity contribution < 1.29 is 53.1 Å². The second-order valence-corrected chi connectivity index (χ2v) is 13.5. The van der Waals surface area contributed by atoms with Crippen LogP contribution in [0, 0.1) is 17.1 Å². The summed E-state index contributed by atoms with van der Waals surface area (Å²) in [5, 5.41) is 8.98. The van der Waals surface area contributed by atoms with Crippen LogP contribution in [0.3, 0.4) is 0 Å². The van der Waals surface area contributed by atoms with E-state index in [2.05, 4.69) is 0 Å².